The molecule has 0 radical (unpaired) electrons. The standard InChI is InChI=1S/C9H11FN2O2/c1-5-6(2-3-8(10)12-5)7(11)4-9(13)14/h2-3,7H,4,11H2,1H3,(H,13,14)/t7-/m0/s1. The van der Waals surface area contributed by atoms with Crippen molar-refractivity contribution in [2.45, 2.75) is 19.4 Å². The molecule has 1 heterocycles. The molecule has 0 aliphatic heterocycles. The predicted molar refractivity (Wildman–Crippen MR) is 48.1 cm³/mol. The van der Waals surface area contributed by atoms with E-state index in [1.165, 1.54) is 12.1 Å². The zero-order valence-corrected chi connectivity index (χ0v) is 7.70. The fourth-order valence-corrected chi connectivity index (χ4v) is 1.23. The Morgan fingerprint density at radius 1 is 1.71 bits per heavy atom. The number of aliphatic carboxylic acids is 1. The van der Waals surface area contributed by atoms with Crippen LogP contribution in [0.3, 0.4) is 0 Å². The highest BCUT2D eigenvalue weighted by Crippen LogP contribution is 2.16. The molecule has 1 atom stereocenters. The van der Waals surface area contributed by atoms with E-state index in [2.05, 4.69) is 4.98 Å². The Balaban J connectivity index is 2.90. The quantitative estimate of drug-likeness (QED) is 0.710. The second kappa shape index (κ2) is 4.15. The Hall–Kier alpha value is -1.49. The lowest BCUT2D eigenvalue weighted by atomic mass is 10.0. The van der Waals surface area contributed by atoms with Crippen LogP contribution in [0.25, 0.3) is 0 Å². The lowest BCUT2D eigenvalue weighted by Crippen LogP contribution is -2.16. The van der Waals surface area contributed by atoms with Gasteiger partial charge in [0.05, 0.1) is 6.42 Å². The largest absolute Gasteiger partial charge is 0.481 e. The van der Waals surface area contributed by atoms with Gasteiger partial charge in [0.1, 0.15) is 0 Å². The fourth-order valence-electron chi connectivity index (χ4n) is 1.23. The van der Waals surface area contributed by atoms with Gasteiger partial charge in [-0.2, -0.15) is 4.39 Å². The molecule has 76 valence electrons. The van der Waals surface area contributed by atoms with Crippen molar-refractivity contribution < 1.29 is 14.3 Å². The second-order valence-corrected chi connectivity index (χ2v) is 3.01. The van der Waals surface area contributed by atoms with E-state index in [1.807, 2.05) is 0 Å². The van der Waals surface area contributed by atoms with Gasteiger partial charge in [0.15, 0.2) is 0 Å². The van der Waals surface area contributed by atoms with Gasteiger partial charge in [-0.15, -0.1) is 0 Å². The first-order valence-electron chi connectivity index (χ1n) is 4.11. The summed E-state index contributed by atoms with van der Waals surface area (Å²) in [5.74, 6) is -1.57. The van der Waals surface area contributed by atoms with Gasteiger partial charge in [-0.05, 0) is 18.6 Å². The van der Waals surface area contributed by atoms with E-state index in [-0.39, 0.29) is 6.42 Å². The van der Waals surface area contributed by atoms with Gasteiger partial charge in [-0.3, -0.25) is 4.79 Å². The van der Waals surface area contributed by atoms with Crippen LogP contribution in [0.4, 0.5) is 4.39 Å². The van der Waals surface area contributed by atoms with Gasteiger partial charge in [-0.25, -0.2) is 4.98 Å². The summed E-state index contributed by atoms with van der Waals surface area (Å²) in [6, 6.07) is 2.00. The minimum absolute atomic E-state index is 0.186. The number of aromatic nitrogens is 1. The number of nitrogens with zero attached hydrogens (tertiary/aromatic N) is 1. The van der Waals surface area contributed by atoms with Crippen LogP contribution < -0.4 is 5.73 Å². The molecule has 0 aliphatic rings. The molecule has 0 aliphatic carbocycles. The normalized spacial score (nSPS) is 12.5. The highest BCUT2D eigenvalue weighted by Gasteiger charge is 2.13. The Kier molecular flexibility index (Phi) is 3.14. The number of pyridine rings is 1. The third-order valence-electron chi connectivity index (χ3n) is 1.89. The molecule has 1 rings (SSSR count). The molecular formula is C9H11FN2O2. The number of rotatable bonds is 3. The maximum absolute atomic E-state index is 12.6. The highest BCUT2D eigenvalue weighted by atomic mass is 19.1. The smallest absolute Gasteiger partial charge is 0.305 e. The average Bonchev–Trinajstić information content (AvgIpc) is 2.01. The molecule has 0 fully saturated rings. The molecule has 3 N–H and O–H groups in total. The summed E-state index contributed by atoms with van der Waals surface area (Å²) >= 11 is 0. The monoisotopic (exact) mass is 198 g/mol. The first-order chi connectivity index (χ1) is 6.50. The van der Waals surface area contributed by atoms with Crippen LogP contribution in [0.1, 0.15) is 23.7 Å². The zero-order chi connectivity index (χ0) is 10.7. The number of hydrogen-bond donors (Lipinski definition) is 2. The highest BCUT2D eigenvalue weighted by molar-refractivity contribution is 5.67. The third kappa shape index (κ3) is 2.50. The lowest BCUT2D eigenvalue weighted by Gasteiger charge is -2.11. The second-order valence-electron chi connectivity index (χ2n) is 3.01. The Morgan fingerprint density at radius 3 is 2.86 bits per heavy atom. The van der Waals surface area contributed by atoms with Crippen LogP contribution >= 0.6 is 0 Å². The number of carbonyl (C=O) groups is 1. The number of carboxylic acids is 1. The van der Waals surface area contributed by atoms with Crippen molar-refractivity contribution in [1.29, 1.82) is 0 Å². The van der Waals surface area contributed by atoms with Crippen molar-refractivity contribution in [3.63, 3.8) is 0 Å². The number of halogens is 1. The minimum Gasteiger partial charge on any atom is -0.481 e. The summed E-state index contributed by atoms with van der Waals surface area (Å²) < 4.78 is 12.6. The number of carboxylic acid groups (broad SMARTS) is 1. The van der Waals surface area contributed by atoms with Gasteiger partial charge in [-0.1, -0.05) is 6.07 Å². The average molecular weight is 198 g/mol. The Bertz CT molecular complexity index is 355. The summed E-state index contributed by atoms with van der Waals surface area (Å²) in [4.78, 5) is 13.9. The van der Waals surface area contributed by atoms with Gasteiger partial charge in [0.2, 0.25) is 5.95 Å². The number of nitrogens with two attached hydrogens (primary N) is 1. The molecule has 4 nitrogen and oxygen atoms in total. The fraction of sp³-hybridized carbons (Fsp3) is 0.333. The molecule has 1 aromatic rings. The summed E-state index contributed by atoms with van der Waals surface area (Å²) in [6.45, 7) is 1.60. The van der Waals surface area contributed by atoms with E-state index in [9.17, 15) is 9.18 Å². The third-order valence-corrected chi connectivity index (χ3v) is 1.89. The van der Waals surface area contributed by atoms with Gasteiger partial charge < -0.3 is 10.8 Å². The van der Waals surface area contributed by atoms with Crippen LogP contribution in [0.2, 0.25) is 0 Å². The van der Waals surface area contributed by atoms with E-state index in [0.717, 1.165) is 0 Å². The Labute approximate surface area is 80.6 Å². The minimum atomic E-state index is -0.985. The first-order valence-corrected chi connectivity index (χ1v) is 4.11. The first kappa shape index (κ1) is 10.6. The van der Waals surface area contributed by atoms with Crippen molar-refractivity contribution >= 4 is 5.97 Å². The predicted octanol–water partition coefficient (Wildman–Crippen LogP) is 1.00. The van der Waals surface area contributed by atoms with E-state index in [0.29, 0.717) is 11.3 Å². The molecule has 0 spiro atoms. The number of hydrogen-bond acceptors (Lipinski definition) is 3. The molecular weight excluding hydrogens is 187 g/mol. The van der Waals surface area contributed by atoms with Gasteiger partial charge >= 0.3 is 5.97 Å². The van der Waals surface area contributed by atoms with Gasteiger partial charge in [0.25, 0.3) is 0 Å². The maximum atomic E-state index is 12.6. The molecule has 0 unspecified atom stereocenters. The van der Waals surface area contributed by atoms with E-state index >= 15 is 0 Å². The molecule has 1 aromatic heterocycles. The van der Waals surface area contributed by atoms with Crippen LogP contribution in [0.5, 0.6) is 0 Å². The molecule has 0 saturated carbocycles. The van der Waals surface area contributed by atoms with Crippen LogP contribution in [-0.2, 0) is 4.79 Å². The molecule has 0 amide bonds. The number of aryl methyl sites for hydroxylation is 1. The van der Waals surface area contributed by atoms with Gasteiger partial charge in [0, 0.05) is 11.7 Å². The van der Waals surface area contributed by atoms with Crippen molar-refractivity contribution in [1.82, 2.24) is 4.98 Å². The van der Waals surface area contributed by atoms with Crippen molar-refractivity contribution in [3.8, 4) is 0 Å². The van der Waals surface area contributed by atoms with E-state index in [1.54, 1.807) is 6.92 Å². The summed E-state index contributed by atoms with van der Waals surface area (Å²) in [5.41, 5.74) is 6.60. The van der Waals surface area contributed by atoms with E-state index in [4.69, 9.17) is 10.8 Å². The maximum Gasteiger partial charge on any atom is 0.305 e. The van der Waals surface area contributed by atoms with Crippen molar-refractivity contribution in [2.24, 2.45) is 5.73 Å². The van der Waals surface area contributed by atoms with E-state index < -0.39 is 18.0 Å². The van der Waals surface area contributed by atoms with Crippen LogP contribution in [-0.4, -0.2) is 16.1 Å². The molecule has 14 heavy (non-hydrogen) atoms. The molecule has 0 bridgehead atoms. The summed E-state index contributed by atoms with van der Waals surface area (Å²) in [7, 11) is 0. The zero-order valence-electron chi connectivity index (χ0n) is 7.70. The Morgan fingerprint density at radius 2 is 2.36 bits per heavy atom. The van der Waals surface area contributed by atoms with Crippen molar-refractivity contribution in [3.05, 3.63) is 29.3 Å². The summed E-state index contributed by atoms with van der Waals surface area (Å²) in [6.07, 6.45) is -0.186. The van der Waals surface area contributed by atoms with Crippen molar-refractivity contribution in [2.75, 3.05) is 0 Å². The topological polar surface area (TPSA) is 76.2 Å². The van der Waals surface area contributed by atoms with Crippen LogP contribution in [0.15, 0.2) is 12.1 Å². The van der Waals surface area contributed by atoms with Crippen LogP contribution in [0, 0.1) is 12.9 Å². The summed E-state index contributed by atoms with van der Waals surface area (Å²) in [5, 5.41) is 8.52. The lowest BCUT2D eigenvalue weighted by molar-refractivity contribution is -0.137. The molecule has 0 aromatic carbocycles. The molecule has 5 heteroatoms. The molecule has 0 saturated heterocycles. The SMILES string of the molecule is Cc1nc(F)ccc1[C@@H](N)CC(=O)O.